The van der Waals surface area contributed by atoms with Gasteiger partial charge in [-0.05, 0) is 59.7 Å². The molecule has 232 valence electrons. The maximum absolute atomic E-state index is 5.52. The van der Waals surface area contributed by atoms with Crippen molar-refractivity contribution in [3.05, 3.63) is 132 Å². The van der Waals surface area contributed by atoms with Crippen molar-refractivity contribution >= 4 is 57.5 Å². The van der Waals surface area contributed by atoms with Crippen molar-refractivity contribution in [2.24, 2.45) is 0 Å². The Morgan fingerprint density at radius 1 is 0.478 bits per heavy atom. The van der Waals surface area contributed by atoms with Crippen LogP contribution in [0, 0.1) is 0 Å². The molecule has 0 amide bonds. The third kappa shape index (κ3) is 7.53. The van der Waals surface area contributed by atoms with Gasteiger partial charge >= 0.3 is 0 Å². The summed E-state index contributed by atoms with van der Waals surface area (Å²) in [6.07, 6.45) is 12.1. The normalized spacial score (nSPS) is 11.1. The highest BCUT2D eigenvalue weighted by Crippen LogP contribution is 2.29. The van der Waals surface area contributed by atoms with E-state index in [4.69, 9.17) is 9.47 Å². The third-order valence-corrected chi connectivity index (χ3v) is 7.72. The van der Waals surface area contributed by atoms with Crippen LogP contribution in [-0.4, -0.2) is 52.4 Å². The molecule has 6 nitrogen and oxygen atoms in total. The summed E-state index contributed by atoms with van der Waals surface area (Å²) in [5, 5.41) is 2.30. The molecule has 6 heteroatoms. The molecule has 0 saturated heterocycles. The van der Waals surface area contributed by atoms with E-state index in [2.05, 4.69) is 80.5 Å². The summed E-state index contributed by atoms with van der Waals surface area (Å²) in [6, 6.07) is 32.8. The number of aromatic nitrogens is 2. The molecule has 0 atom stereocenters. The average molecular weight is 609 g/mol. The number of fused-ring (bicyclic) bond motifs is 2. The van der Waals surface area contributed by atoms with Crippen molar-refractivity contribution in [2.75, 3.05) is 52.2 Å². The molecule has 0 spiro atoms. The van der Waals surface area contributed by atoms with Gasteiger partial charge in [-0.25, -0.2) is 0 Å². The lowest BCUT2D eigenvalue weighted by atomic mass is 10.1. The molecular formula is C40H40N4O2. The Hall–Kier alpha value is -5.62. The SMILES string of the molecule is COc1cc(N(C)C)ccc1/C=C/c1ccnc2ccccc12.COc1cc(N(C)C)ccc1/C=C/c1ccnc2ccccc12. The van der Waals surface area contributed by atoms with Crippen molar-refractivity contribution < 1.29 is 9.47 Å². The van der Waals surface area contributed by atoms with E-state index >= 15 is 0 Å². The lowest BCUT2D eigenvalue weighted by Gasteiger charge is -2.14. The van der Waals surface area contributed by atoms with Gasteiger partial charge in [-0.1, -0.05) is 60.7 Å². The van der Waals surface area contributed by atoms with Crippen molar-refractivity contribution in [1.29, 1.82) is 0 Å². The third-order valence-electron chi connectivity index (χ3n) is 7.72. The number of ether oxygens (including phenoxy) is 2. The second-order valence-corrected chi connectivity index (χ2v) is 11.1. The van der Waals surface area contributed by atoms with Gasteiger partial charge in [-0.15, -0.1) is 0 Å². The first-order valence-corrected chi connectivity index (χ1v) is 15.1. The number of methoxy groups -OCH3 is 2. The van der Waals surface area contributed by atoms with Crippen LogP contribution in [-0.2, 0) is 0 Å². The fourth-order valence-electron chi connectivity index (χ4n) is 5.12. The number of anilines is 2. The zero-order valence-corrected chi connectivity index (χ0v) is 27.3. The summed E-state index contributed by atoms with van der Waals surface area (Å²) < 4.78 is 11.0. The number of pyridine rings is 2. The number of hydrogen-bond acceptors (Lipinski definition) is 6. The second-order valence-electron chi connectivity index (χ2n) is 11.1. The molecule has 0 aliphatic rings. The molecule has 0 aliphatic carbocycles. The van der Waals surface area contributed by atoms with Crippen molar-refractivity contribution in [3.8, 4) is 11.5 Å². The van der Waals surface area contributed by atoms with Gasteiger partial charge in [0.05, 0.1) is 25.3 Å². The number of nitrogens with zero attached hydrogens (tertiary/aromatic N) is 4. The van der Waals surface area contributed by atoms with E-state index in [-0.39, 0.29) is 0 Å². The molecule has 6 aromatic rings. The number of benzene rings is 4. The van der Waals surface area contributed by atoms with Crippen LogP contribution < -0.4 is 19.3 Å². The van der Waals surface area contributed by atoms with E-state index in [9.17, 15) is 0 Å². The van der Waals surface area contributed by atoms with Gasteiger partial charge in [0.2, 0.25) is 0 Å². The molecule has 0 N–H and O–H groups in total. The van der Waals surface area contributed by atoms with Crippen LogP contribution in [0.1, 0.15) is 22.3 Å². The highest BCUT2D eigenvalue weighted by atomic mass is 16.5. The summed E-state index contributed by atoms with van der Waals surface area (Å²) in [4.78, 5) is 12.9. The van der Waals surface area contributed by atoms with E-state index in [1.54, 1.807) is 14.2 Å². The van der Waals surface area contributed by atoms with Crippen LogP contribution in [0.25, 0.3) is 46.1 Å². The Bertz CT molecular complexity index is 1840. The van der Waals surface area contributed by atoms with Gasteiger partial charge in [-0.3, -0.25) is 9.97 Å². The molecule has 0 fully saturated rings. The summed E-state index contributed by atoms with van der Waals surface area (Å²) in [5.41, 5.74) is 8.65. The van der Waals surface area contributed by atoms with Gasteiger partial charge in [-0.2, -0.15) is 0 Å². The Morgan fingerprint density at radius 3 is 1.26 bits per heavy atom. The van der Waals surface area contributed by atoms with Crippen molar-refractivity contribution in [1.82, 2.24) is 9.97 Å². The van der Waals surface area contributed by atoms with Gasteiger partial charge in [0.1, 0.15) is 11.5 Å². The number of para-hydroxylation sites is 2. The zero-order chi connectivity index (χ0) is 32.5. The fourth-order valence-corrected chi connectivity index (χ4v) is 5.12. The predicted octanol–water partition coefficient (Wildman–Crippen LogP) is 8.96. The number of hydrogen-bond donors (Lipinski definition) is 0. The minimum absolute atomic E-state index is 0.866. The first-order valence-electron chi connectivity index (χ1n) is 15.1. The standard InChI is InChI=1S/2C20H20N2O/c2*1-22(2)17-11-10-16(20(14-17)23-3)9-8-15-12-13-21-19-7-5-4-6-18(15)19/h2*4-14H,1-3H3/b2*9-8+. The Labute approximate surface area is 271 Å². The molecular weight excluding hydrogens is 568 g/mol. The van der Waals surface area contributed by atoms with Crippen LogP contribution in [0.4, 0.5) is 11.4 Å². The highest BCUT2D eigenvalue weighted by Gasteiger charge is 2.06. The Balaban J connectivity index is 0.000000181. The first-order chi connectivity index (χ1) is 22.4. The van der Waals surface area contributed by atoms with Crippen molar-refractivity contribution in [3.63, 3.8) is 0 Å². The molecule has 46 heavy (non-hydrogen) atoms. The van der Waals surface area contributed by atoms with Crippen LogP contribution in [0.3, 0.4) is 0 Å². The maximum Gasteiger partial charge on any atom is 0.128 e. The minimum atomic E-state index is 0.866. The van der Waals surface area contributed by atoms with Gasteiger partial charge in [0.25, 0.3) is 0 Å². The lowest BCUT2D eigenvalue weighted by molar-refractivity contribution is 0.414. The highest BCUT2D eigenvalue weighted by molar-refractivity contribution is 5.92. The van der Waals surface area contributed by atoms with Gasteiger partial charge in [0, 0.05) is 86.0 Å². The largest absolute Gasteiger partial charge is 0.496 e. The predicted molar refractivity (Wildman–Crippen MR) is 196 cm³/mol. The summed E-state index contributed by atoms with van der Waals surface area (Å²) in [5.74, 6) is 1.73. The topological polar surface area (TPSA) is 50.7 Å². The van der Waals surface area contributed by atoms with Crippen LogP contribution in [0.5, 0.6) is 11.5 Å². The van der Waals surface area contributed by atoms with E-state index < -0.39 is 0 Å². The summed E-state index contributed by atoms with van der Waals surface area (Å²) in [7, 11) is 11.5. The van der Waals surface area contributed by atoms with Crippen molar-refractivity contribution in [2.45, 2.75) is 0 Å². The monoisotopic (exact) mass is 608 g/mol. The lowest BCUT2D eigenvalue weighted by Crippen LogP contribution is -2.08. The quantitative estimate of drug-likeness (QED) is 0.172. The van der Waals surface area contributed by atoms with E-state index in [0.29, 0.717) is 0 Å². The maximum atomic E-state index is 5.52. The van der Waals surface area contributed by atoms with Gasteiger partial charge < -0.3 is 19.3 Å². The van der Waals surface area contributed by atoms with E-state index in [1.165, 1.54) is 0 Å². The molecule has 0 bridgehead atoms. The summed E-state index contributed by atoms with van der Waals surface area (Å²) in [6.45, 7) is 0. The average Bonchev–Trinajstić information content (AvgIpc) is 3.09. The molecule has 0 radical (unpaired) electrons. The van der Waals surface area contributed by atoms with E-state index in [0.717, 1.165) is 66.9 Å². The van der Waals surface area contributed by atoms with E-state index in [1.807, 2.05) is 101 Å². The molecule has 2 aromatic heterocycles. The minimum Gasteiger partial charge on any atom is -0.496 e. The number of rotatable bonds is 8. The van der Waals surface area contributed by atoms with Crippen LogP contribution in [0.2, 0.25) is 0 Å². The second kappa shape index (κ2) is 14.9. The molecule has 6 rings (SSSR count). The summed E-state index contributed by atoms with van der Waals surface area (Å²) >= 11 is 0. The molecule has 2 heterocycles. The first kappa shape index (κ1) is 31.8. The molecule has 0 saturated carbocycles. The smallest absolute Gasteiger partial charge is 0.128 e. The zero-order valence-electron chi connectivity index (χ0n) is 27.3. The van der Waals surface area contributed by atoms with Crippen LogP contribution >= 0.6 is 0 Å². The van der Waals surface area contributed by atoms with Crippen LogP contribution in [0.15, 0.2) is 109 Å². The fraction of sp³-hybridized carbons (Fsp3) is 0.150. The Morgan fingerprint density at radius 2 is 0.870 bits per heavy atom. The molecule has 0 unspecified atom stereocenters. The molecule has 0 aliphatic heterocycles. The molecule has 4 aromatic carbocycles. The Kier molecular flexibility index (Phi) is 10.3. The van der Waals surface area contributed by atoms with Gasteiger partial charge in [0.15, 0.2) is 0 Å².